The summed E-state index contributed by atoms with van der Waals surface area (Å²) in [7, 11) is -28.7. The number of rotatable bonds is 34. The molecule has 0 saturated carbocycles. The Balaban J connectivity index is 1.42. The van der Waals surface area contributed by atoms with Crippen molar-refractivity contribution in [2.24, 2.45) is 11.8 Å². The number of carboxylic acid groups (broad SMARTS) is 2. The lowest BCUT2D eigenvalue weighted by molar-refractivity contribution is -0.801. The SMILES string of the molecule is CO[C@H]1OC(COO[O-])[C@@H](O[C@@H]2OC(C(=O)[O-])[C@@H](COC[C@H]3OC(COO[O-])[C@@H](O[C@@H]4OC(C(=O)[O-])[C@@H](COC[C@H]5OC(COO[O-])[C@@H](O)[C@@H](O)C5NS(=O)(=O)[O-])[C@@H](O)C4O)[C@@H](OS(=O)(=O)[O-])C3NS(=O)(=O)[O-])[C@@H](O)C2OS(=O)(=O)[O-])[C@@H](O)C1NS(=O)(=O)[O-]. The van der Waals surface area contributed by atoms with Gasteiger partial charge in [-0.3, -0.25) is 23.5 Å². The summed E-state index contributed by atoms with van der Waals surface area (Å²) in [5, 5.41) is 133. The van der Waals surface area contributed by atoms with Crippen LogP contribution >= 0.6 is 0 Å². The molecule has 5 aliphatic heterocycles. The second-order valence-electron chi connectivity index (χ2n) is 19.0. The molecule has 5 rings (SSSR count). The van der Waals surface area contributed by atoms with Crippen LogP contribution in [0, 0.1) is 11.8 Å². The molecule has 5 fully saturated rings. The topological polar surface area (TPSA) is 759 Å². The van der Waals surface area contributed by atoms with Crippen molar-refractivity contribution in [3.8, 4) is 0 Å². The highest BCUT2D eigenvalue weighted by Gasteiger charge is 2.57. The number of carboxylic acids is 2. The molecule has 89 heavy (non-hydrogen) atoms. The highest BCUT2D eigenvalue weighted by Crippen LogP contribution is 2.37. The van der Waals surface area contributed by atoms with Crippen LogP contribution in [-0.2, 0) is 147 Å². The Hall–Kier alpha value is -2.71. The summed E-state index contributed by atoms with van der Waals surface area (Å²) < 4.78 is 246. The molecule has 5 heterocycles. The number of aliphatic hydroxyl groups is 6. The minimum absolute atomic E-state index is 0.833. The van der Waals surface area contributed by atoms with E-state index in [-0.39, 0.29) is 0 Å². The van der Waals surface area contributed by atoms with Gasteiger partial charge in [-0.25, -0.2) is 70.9 Å². The molecule has 10 unspecified atom stereocenters. The van der Waals surface area contributed by atoms with Crippen molar-refractivity contribution in [3.63, 3.8) is 0 Å². The summed E-state index contributed by atoms with van der Waals surface area (Å²) in [5.74, 6) is -9.19. The van der Waals surface area contributed by atoms with E-state index in [9.17, 15) is 131 Å². The molecule has 0 amide bonds. The zero-order valence-corrected chi connectivity index (χ0v) is 48.0. The first-order chi connectivity index (χ1) is 41.2. The molecule has 25 atom stereocenters. The summed E-state index contributed by atoms with van der Waals surface area (Å²) in [5.41, 5.74) is 0. The van der Waals surface area contributed by atoms with Gasteiger partial charge in [-0.15, -0.1) is 0 Å². The molecule has 0 radical (unpaired) electrons. The van der Waals surface area contributed by atoms with Crippen molar-refractivity contribution in [2.75, 3.05) is 53.4 Å². The molecule has 5 aliphatic rings. The lowest BCUT2D eigenvalue weighted by Gasteiger charge is -2.50. The Bertz CT molecular complexity index is 2860. The van der Waals surface area contributed by atoms with Crippen molar-refractivity contribution in [1.29, 1.82) is 0 Å². The number of nitrogens with one attached hydrogen (secondary N) is 3. The molecule has 9 N–H and O–H groups in total. The molecule has 0 bridgehead atoms. The largest absolute Gasteiger partial charge is 0.735 e. The monoisotopic (exact) mass is 1410 g/mol. The van der Waals surface area contributed by atoms with Crippen LogP contribution in [0.1, 0.15) is 0 Å². The van der Waals surface area contributed by atoms with Crippen molar-refractivity contribution in [2.45, 2.75) is 141 Å². The van der Waals surface area contributed by atoms with Gasteiger partial charge in [0.2, 0.25) is 20.8 Å². The van der Waals surface area contributed by atoms with E-state index in [1.807, 2.05) is 0 Å². The fraction of sp³-hybridized carbons (Fsp3) is 0.943. The van der Waals surface area contributed by atoms with Crippen molar-refractivity contribution in [3.05, 3.63) is 0 Å². The van der Waals surface area contributed by atoms with E-state index >= 15 is 0 Å². The number of hydrogen-bond acceptors (Lipinski definition) is 46. The quantitative estimate of drug-likeness (QED) is 0.0125. The molecular weight excluding hydrogens is 1360 g/mol. The molecule has 49 nitrogen and oxygen atoms in total. The van der Waals surface area contributed by atoms with Crippen LogP contribution in [0.2, 0.25) is 0 Å². The van der Waals surface area contributed by atoms with Crippen LogP contribution in [0.15, 0.2) is 0 Å². The maximum Gasteiger partial charge on any atom is 0.218 e. The fourth-order valence-electron chi connectivity index (χ4n) is 9.72. The van der Waals surface area contributed by atoms with Gasteiger partial charge in [-0.05, 0) is 0 Å². The Labute approximate surface area is 498 Å². The molecule has 0 aliphatic carbocycles. The third-order valence-electron chi connectivity index (χ3n) is 13.4. The number of hydrogen-bond donors (Lipinski definition) is 9. The zero-order valence-electron chi connectivity index (χ0n) is 43.9. The molecule has 0 aromatic carbocycles. The van der Waals surface area contributed by atoms with Crippen LogP contribution in [-0.4, -0.2) is 302 Å². The first-order valence-electron chi connectivity index (χ1n) is 24.2. The van der Waals surface area contributed by atoms with Gasteiger partial charge >= 0.3 is 0 Å². The molecule has 522 valence electrons. The second-order valence-corrected chi connectivity index (χ2v) is 24.5. The third kappa shape index (κ3) is 21.9. The Morgan fingerprint density at radius 2 is 0.831 bits per heavy atom. The van der Waals surface area contributed by atoms with Gasteiger partial charge in [0.25, 0.3) is 0 Å². The third-order valence-corrected chi connectivity index (χ3v) is 16.0. The lowest BCUT2D eigenvalue weighted by atomic mass is 9.88. The van der Waals surface area contributed by atoms with Crippen LogP contribution in [0.3, 0.4) is 0 Å². The average Bonchev–Trinajstić information content (AvgIpc) is 2.44. The Morgan fingerprint density at radius 3 is 1.30 bits per heavy atom. The standard InChI is InChI=1S/C35H61N3O46S5/c1-67-33-18(38-87(58,59)60)23(43)27(14(75-33)7-71-83-50)78-35-30(81-89(64,65)66)20(40)10(26(77-35)32(47)48)3-69-5-12-17(37-86(55,56)57)29(80-88(61,62)63)28(15(74-12)8-72-84-51)79-34-24(44)19(39)9(25(76-34)31(45)46)2-68-4-11-16(36-85(52,53)54)22(42)21(41)13(73-11)6-70-82-49/h9-30,33-44,49-51H,2-8H2,1H3,(H,45,46)(H,47,48)(H,52,53,54)(H,55,56,57)(H,58,59,60)(H,61,62,63)(H,64,65,66)/p-10/t9-,10-,11+,12+,13?,14?,15?,16?,17?,18?,19+,20+,21+,22-,23-,24?,25?,26?,27+,28+,29-,30?,33-,34-,35-/m0/s1. The number of carbonyl (C=O) groups is 2. The molecular formula is C35H51N3O46S5-10. The van der Waals surface area contributed by atoms with Gasteiger partial charge in [0.15, 0.2) is 55.9 Å². The van der Waals surface area contributed by atoms with E-state index in [1.54, 1.807) is 0 Å². The average molecular weight is 1410 g/mol. The first kappa shape index (κ1) is 77.0. The van der Waals surface area contributed by atoms with Crippen LogP contribution in [0.4, 0.5) is 0 Å². The Morgan fingerprint density at radius 1 is 0.416 bits per heavy atom. The molecule has 0 aromatic heterocycles. The van der Waals surface area contributed by atoms with E-state index in [0.717, 1.165) is 7.11 Å². The summed E-state index contributed by atoms with van der Waals surface area (Å²) >= 11 is 0. The number of methoxy groups -OCH3 is 1. The summed E-state index contributed by atoms with van der Waals surface area (Å²) in [4.78, 5) is 37.8. The van der Waals surface area contributed by atoms with Crippen molar-refractivity contribution in [1.82, 2.24) is 14.2 Å². The van der Waals surface area contributed by atoms with E-state index in [2.05, 4.69) is 38.1 Å². The van der Waals surface area contributed by atoms with Crippen molar-refractivity contribution >= 4 is 63.6 Å². The summed E-state index contributed by atoms with van der Waals surface area (Å²) in [6.07, 6.45) is -49.0. The van der Waals surface area contributed by atoms with Crippen molar-refractivity contribution < 1.29 is 217 Å². The fourth-order valence-corrected chi connectivity index (χ4v) is 12.5. The number of carbonyl (C=O) groups excluding carboxylic acids is 2. The highest BCUT2D eigenvalue weighted by molar-refractivity contribution is 7.84. The van der Waals surface area contributed by atoms with Crippen LogP contribution in [0.25, 0.3) is 0 Å². The van der Waals surface area contributed by atoms with Crippen LogP contribution in [0.5, 0.6) is 0 Å². The maximum absolute atomic E-state index is 12.6. The van der Waals surface area contributed by atoms with Gasteiger partial charge in [0, 0.05) is 18.9 Å². The van der Waals surface area contributed by atoms with E-state index < -0.39 is 262 Å². The van der Waals surface area contributed by atoms with Gasteiger partial charge < -0.3 is 136 Å². The zero-order chi connectivity index (χ0) is 66.9. The maximum atomic E-state index is 12.6. The Kier molecular flexibility index (Phi) is 28.2. The molecule has 0 spiro atoms. The van der Waals surface area contributed by atoms with Gasteiger partial charge in [-0.1, -0.05) is 0 Å². The van der Waals surface area contributed by atoms with Gasteiger partial charge in [0.05, 0.1) is 62.7 Å². The van der Waals surface area contributed by atoms with Gasteiger partial charge in [0.1, 0.15) is 111 Å². The number of aliphatic hydroxyl groups excluding tert-OH is 6. The highest BCUT2D eigenvalue weighted by atomic mass is 32.3. The van der Waals surface area contributed by atoms with E-state index in [4.69, 9.17) is 47.4 Å². The first-order valence-corrected chi connectivity index (χ1v) is 31.1. The minimum Gasteiger partial charge on any atom is -0.735 e. The van der Waals surface area contributed by atoms with E-state index in [1.165, 1.54) is 14.2 Å². The smallest absolute Gasteiger partial charge is 0.218 e. The van der Waals surface area contributed by atoms with E-state index in [0.29, 0.717) is 0 Å². The number of ether oxygens (including phenoxy) is 10. The summed E-state index contributed by atoms with van der Waals surface area (Å²) in [6.45, 7) is -8.65. The molecule has 5 saturated heterocycles. The molecule has 54 heteroatoms. The van der Waals surface area contributed by atoms with Crippen LogP contribution < -0.4 is 40.2 Å². The molecule has 0 aromatic rings. The minimum atomic E-state index is -6.30. The number of aliphatic carboxylic acids is 2. The predicted molar refractivity (Wildman–Crippen MR) is 235 cm³/mol. The normalized spacial score (nSPS) is 38.7. The van der Waals surface area contributed by atoms with Gasteiger partial charge in [-0.2, -0.15) is 0 Å². The second kappa shape index (κ2) is 32.6. The predicted octanol–water partition coefficient (Wildman–Crippen LogP) is -19.3. The lowest BCUT2D eigenvalue weighted by Crippen LogP contribution is -2.69. The summed E-state index contributed by atoms with van der Waals surface area (Å²) in [6, 6.07) is -7.05.